The van der Waals surface area contributed by atoms with E-state index < -0.39 is 5.60 Å². The molecule has 3 rings (SSSR count). The van der Waals surface area contributed by atoms with Gasteiger partial charge in [-0.3, -0.25) is 4.79 Å². The Morgan fingerprint density at radius 3 is 2.52 bits per heavy atom. The summed E-state index contributed by atoms with van der Waals surface area (Å²) in [6.07, 6.45) is 0.748. The number of rotatable bonds is 9. The number of benzene rings is 2. The van der Waals surface area contributed by atoms with Crippen LogP contribution < -0.4 is 4.74 Å². The van der Waals surface area contributed by atoms with Crippen LogP contribution in [0.3, 0.4) is 0 Å². The van der Waals surface area contributed by atoms with Crippen LogP contribution in [0.5, 0.6) is 5.75 Å². The number of oxazole rings is 1. The molecule has 0 aliphatic rings. The fraction of sp³-hybridized carbons (Fsp3) is 0.385. The highest BCUT2D eigenvalue weighted by Crippen LogP contribution is 2.33. The van der Waals surface area contributed by atoms with Crippen molar-refractivity contribution in [3.63, 3.8) is 0 Å². The van der Waals surface area contributed by atoms with Gasteiger partial charge in [0.25, 0.3) is 0 Å². The number of ether oxygens (including phenoxy) is 1. The van der Waals surface area contributed by atoms with Gasteiger partial charge in [-0.2, -0.15) is 0 Å². The molecule has 0 unspecified atom stereocenters. The third-order valence-electron chi connectivity index (χ3n) is 5.27. The zero-order valence-electron chi connectivity index (χ0n) is 19.5. The molecule has 33 heavy (non-hydrogen) atoms. The van der Waals surface area contributed by atoms with Crippen LogP contribution in [0.2, 0.25) is 10.0 Å². The Hall–Kier alpha value is -2.34. The molecule has 0 radical (unpaired) electrons. The minimum absolute atomic E-state index is 0.00912. The minimum atomic E-state index is -0.693. The lowest BCUT2D eigenvalue weighted by molar-refractivity contribution is 0.0406. The highest BCUT2D eigenvalue weighted by atomic mass is 35.5. The molecule has 0 aliphatic carbocycles. The van der Waals surface area contributed by atoms with Crippen molar-refractivity contribution in [2.45, 2.75) is 59.0 Å². The van der Waals surface area contributed by atoms with E-state index in [1.54, 1.807) is 44.2 Å². The molecule has 0 aliphatic heterocycles. The first kappa shape index (κ1) is 25.3. The van der Waals surface area contributed by atoms with Gasteiger partial charge in [-0.15, -0.1) is 0 Å². The van der Waals surface area contributed by atoms with Gasteiger partial charge in [-0.25, -0.2) is 4.98 Å². The average Bonchev–Trinajstić information content (AvgIpc) is 3.17. The molecule has 7 heteroatoms. The van der Waals surface area contributed by atoms with Gasteiger partial charge in [-0.05, 0) is 62.7 Å². The lowest BCUT2D eigenvalue weighted by Crippen LogP contribution is -2.32. The Labute approximate surface area is 204 Å². The first-order valence-corrected chi connectivity index (χ1v) is 11.6. The molecular formula is C26H29Cl2NO4. The molecular weight excluding hydrogens is 461 g/mol. The van der Waals surface area contributed by atoms with E-state index in [0.717, 1.165) is 17.0 Å². The fourth-order valence-corrected chi connectivity index (χ4v) is 3.90. The van der Waals surface area contributed by atoms with Crippen LogP contribution in [-0.2, 0) is 6.42 Å². The van der Waals surface area contributed by atoms with Crippen LogP contribution >= 0.6 is 23.2 Å². The zero-order valence-corrected chi connectivity index (χ0v) is 21.0. The molecule has 0 fully saturated rings. The van der Waals surface area contributed by atoms with E-state index >= 15 is 0 Å². The van der Waals surface area contributed by atoms with Crippen LogP contribution in [0.15, 0.2) is 40.8 Å². The monoisotopic (exact) mass is 489 g/mol. The Morgan fingerprint density at radius 1 is 1.18 bits per heavy atom. The van der Waals surface area contributed by atoms with Crippen LogP contribution in [-0.4, -0.2) is 28.1 Å². The SMILES string of the molecule is Cc1cc(C(=O)CCc2nc(-c3ccc(Cl)cc3Cl)oc2C(C)C)ccc1OC(C)(C)CO. The predicted molar refractivity (Wildman–Crippen MR) is 132 cm³/mol. The molecule has 0 amide bonds. The van der Waals surface area contributed by atoms with Gasteiger partial charge in [0.2, 0.25) is 5.89 Å². The summed E-state index contributed by atoms with van der Waals surface area (Å²) in [5.74, 6) is 1.93. The number of aliphatic hydroxyl groups is 1. The van der Waals surface area contributed by atoms with E-state index in [2.05, 4.69) is 4.98 Å². The molecule has 3 aromatic rings. The van der Waals surface area contributed by atoms with Crippen molar-refractivity contribution in [2.75, 3.05) is 6.61 Å². The molecule has 5 nitrogen and oxygen atoms in total. The smallest absolute Gasteiger partial charge is 0.228 e. The summed E-state index contributed by atoms with van der Waals surface area (Å²) >= 11 is 12.3. The summed E-state index contributed by atoms with van der Waals surface area (Å²) in [7, 11) is 0. The Bertz CT molecular complexity index is 1150. The van der Waals surface area contributed by atoms with Gasteiger partial charge in [-0.1, -0.05) is 37.0 Å². The van der Waals surface area contributed by atoms with Crippen molar-refractivity contribution < 1.29 is 19.1 Å². The maximum absolute atomic E-state index is 12.9. The summed E-state index contributed by atoms with van der Waals surface area (Å²) in [6, 6.07) is 10.5. The molecule has 0 spiro atoms. The molecule has 1 aromatic heterocycles. The van der Waals surface area contributed by atoms with E-state index in [-0.39, 0.29) is 18.3 Å². The zero-order chi connectivity index (χ0) is 24.3. The number of halogens is 2. The lowest BCUT2D eigenvalue weighted by atomic mass is 10.0. The standard InChI is InChI=1S/C26H29Cl2NO4/c1-15(2)24-21(29-25(32-24)19-8-7-18(27)13-20(19)28)9-10-22(31)17-6-11-23(16(3)12-17)33-26(4,5)14-30/h6-8,11-13,15,30H,9-10,14H2,1-5H3. The predicted octanol–water partition coefficient (Wildman–Crippen LogP) is 7.05. The molecule has 0 saturated heterocycles. The highest BCUT2D eigenvalue weighted by molar-refractivity contribution is 6.36. The van der Waals surface area contributed by atoms with Crippen molar-refractivity contribution >= 4 is 29.0 Å². The number of nitrogens with zero attached hydrogens (tertiary/aromatic N) is 1. The number of carbonyl (C=O) groups is 1. The van der Waals surface area contributed by atoms with E-state index in [0.29, 0.717) is 45.7 Å². The van der Waals surface area contributed by atoms with Crippen molar-refractivity contribution in [3.05, 3.63) is 69.0 Å². The minimum Gasteiger partial charge on any atom is -0.485 e. The van der Waals surface area contributed by atoms with E-state index in [9.17, 15) is 9.90 Å². The largest absolute Gasteiger partial charge is 0.485 e. The number of ketones is 1. The van der Waals surface area contributed by atoms with Gasteiger partial charge in [0.1, 0.15) is 17.1 Å². The maximum Gasteiger partial charge on any atom is 0.228 e. The summed E-state index contributed by atoms with van der Waals surface area (Å²) in [4.78, 5) is 17.5. The normalized spacial score (nSPS) is 11.8. The van der Waals surface area contributed by atoms with Gasteiger partial charge in [0, 0.05) is 29.3 Å². The second-order valence-electron chi connectivity index (χ2n) is 9.03. The Balaban J connectivity index is 1.77. The van der Waals surface area contributed by atoms with Gasteiger partial charge in [0.15, 0.2) is 5.78 Å². The molecule has 0 bridgehead atoms. The number of Topliss-reactive ketones (excluding diaryl/α,β-unsaturated/α-hetero) is 1. The van der Waals surface area contributed by atoms with Crippen molar-refractivity contribution in [3.8, 4) is 17.2 Å². The maximum atomic E-state index is 12.9. The summed E-state index contributed by atoms with van der Waals surface area (Å²) < 4.78 is 11.9. The van der Waals surface area contributed by atoms with Gasteiger partial charge in [0.05, 0.1) is 22.9 Å². The van der Waals surface area contributed by atoms with Crippen LogP contribution in [0, 0.1) is 6.92 Å². The summed E-state index contributed by atoms with van der Waals surface area (Å²) in [6.45, 7) is 9.44. The topological polar surface area (TPSA) is 72.6 Å². The fourth-order valence-electron chi connectivity index (χ4n) is 3.42. The molecule has 1 heterocycles. The number of carbonyl (C=O) groups excluding carboxylic acids is 1. The average molecular weight is 490 g/mol. The number of aromatic nitrogens is 1. The second-order valence-corrected chi connectivity index (χ2v) is 9.88. The Kier molecular flexibility index (Phi) is 7.88. The molecule has 0 atom stereocenters. The van der Waals surface area contributed by atoms with Crippen LogP contribution in [0.4, 0.5) is 0 Å². The number of aryl methyl sites for hydroxylation is 2. The van der Waals surface area contributed by atoms with Crippen molar-refractivity contribution in [1.29, 1.82) is 0 Å². The second kappa shape index (κ2) is 10.3. The first-order chi connectivity index (χ1) is 15.5. The van der Waals surface area contributed by atoms with E-state index in [1.807, 2.05) is 26.8 Å². The first-order valence-electron chi connectivity index (χ1n) is 10.9. The molecule has 0 saturated carbocycles. The Morgan fingerprint density at radius 2 is 1.91 bits per heavy atom. The van der Waals surface area contributed by atoms with E-state index in [4.69, 9.17) is 32.4 Å². The van der Waals surface area contributed by atoms with Crippen LogP contribution in [0.25, 0.3) is 11.5 Å². The third kappa shape index (κ3) is 6.17. The number of hydrogen-bond acceptors (Lipinski definition) is 5. The summed E-state index contributed by atoms with van der Waals surface area (Å²) in [5.41, 5.74) is 2.17. The molecule has 1 N–H and O–H groups in total. The molecule has 176 valence electrons. The number of hydrogen-bond donors (Lipinski definition) is 1. The van der Waals surface area contributed by atoms with E-state index in [1.165, 1.54) is 0 Å². The quantitative estimate of drug-likeness (QED) is 0.326. The van der Waals surface area contributed by atoms with Gasteiger partial charge >= 0.3 is 0 Å². The van der Waals surface area contributed by atoms with Gasteiger partial charge < -0.3 is 14.3 Å². The number of aliphatic hydroxyl groups excluding tert-OH is 1. The highest BCUT2D eigenvalue weighted by Gasteiger charge is 2.22. The van der Waals surface area contributed by atoms with Crippen molar-refractivity contribution in [1.82, 2.24) is 4.98 Å². The molecule has 2 aromatic carbocycles. The lowest BCUT2D eigenvalue weighted by Gasteiger charge is -2.25. The third-order valence-corrected chi connectivity index (χ3v) is 5.81. The van der Waals surface area contributed by atoms with Crippen LogP contribution in [0.1, 0.15) is 67.4 Å². The summed E-state index contributed by atoms with van der Waals surface area (Å²) in [5, 5.41) is 10.4. The van der Waals surface area contributed by atoms with Crippen molar-refractivity contribution in [2.24, 2.45) is 0 Å².